The van der Waals surface area contributed by atoms with E-state index in [9.17, 15) is 9.59 Å². The summed E-state index contributed by atoms with van der Waals surface area (Å²) in [5.41, 5.74) is 4.80. The lowest BCUT2D eigenvalue weighted by Gasteiger charge is -1.95. The number of nitrogens with two attached hydrogens (primary N) is 1. The molecule has 0 aliphatic carbocycles. The van der Waals surface area contributed by atoms with Crippen molar-refractivity contribution in [2.75, 3.05) is 13.7 Å². The van der Waals surface area contributed by atoms with Crippen LogP contribution in [0.15, 0.2) is 0 Å². The molecule has 0 spiro atoms. The Balaban J connectivity index is 3.30. The highest BCUT2D eigenvalue weighted by Crippen LogP contribution is 1.89. The van der Waals surface area contributed by atoms with E-state index in [2.05, 4.69) is 4.74 Å². The SMILES string of the molecule is COCC(=O)CCC(N)=O. The third-order valence-corrected chi connectivity index (χ3v) is 0.956. The third-order valence-electron chi connectivity index (χ3n) is 0.956. The molecular formula is C6H11NO3. The Hall–Kier alpha value is -0.900. The van der Waals surface area contributed by atoms with Crippen molar-refractivity contribution < 1.29 is 14.3 Å². The van der Waals surface area contributed by atoms with Crippen LogP contribution in [0.25, 0.3) is 0 Å². The summed E-state index contributed by atoms with van der Waals surface area (Å²) in [6.45, 7) is 0.0628. The van der Waals surface area contributed by atoms with Crippen molar-refractivity contribution in [1.29, 1.82) is 0 Å². The Kier molecular flexibility index (Phi) is 4.49. The maximum absolute atomic E-state index is 10.6. The van der Waals surface area contributed by atoms with Crippen molar-refractivity contribution in [3.8, 4) is 0 Å². The molecule has 0 aromatic heterocycles. The summed E-state index contributed by atoms with van der Waals surface area (Å²) < 4.78 is 4.53. The zero-order valence-corrected chi connectivity index (χ0v) is 5.92. The predicted octanol–water partition coefficient (Wildman–Crippen LogP) is -0.533. The summed E-state index contributed by atoms with van der Waals surface area (Å²) in [4.78, 5) is 20.8. The number of primary amides is 1. The zero-order chi connectivity index (χ0) is 7.98. The molecule has 2 N–H and O–H groups in total. The molecule has 0 aromatic carbocycles. The molecule has 4 heteroatoms. The van der Waals surface area contributed by atoms with Gasteiger partial charge >= 0.3 is 0 Å². The Morgan fingerprint density at radius 3 is 2.40 bits per heavy atom. The van der Waals surface area contributed by atoms with E-state index in [1.165, 1.54) is 7.11 Å². The van der Waals surface area contributed by atoms with Crippen LogP contribution in [0, 0.1) is 0 Å². The number of amides is 1. The van der Waals surface area contributed by atoms with Crippen molar-refractivity contribution in [3.05, 3.63) is 0 Å². The lowest BCUT2D eigenvalue weighted by molar-refractivity contribution is -0.126. The molecule has 0 rings (SSSR count). The van der Waals surface area contributed by atoms with Crippen molar-refractivity contribution in [2.24, 2.45) is 5.73 Å². The zero-order valence-electron chi connectivity index (χ0n) is 5.92. The first-order chi connectivity index (χ1) is 4.66. The van der Waals surface area contributed by atoms with E-state index >= 15 is 0 Å². The van der Waals surface area contributed by atoms with Gasteiger partial charge in [0.05, 0.1) is 0 Å². The minimum Gasteiger partial charge on any atom is -0.377 e. The van der Waals surface area contributed by atoms with Crippen LogP contribution >= 0.6 is 0 Å². The maximum Gasteiger partial charge on any atom is 0.217 e. The number of hydrogen-bond donors (Lipinski definition) is 1. The number of ketones is 1. The largest absolute Gasteiger partial charge is 0.377 e. The van der Waals surface area contributed by atoms with E-state index in [1.807, 2.05) is 0 Å². The molecule has 10 heavy (non-hydrogen) atoms. The van der Waals surface area contributed by atoms with Crippen LogP contribution < -0.4 is 5.73 Å². The van der Waals surface area contributed by atoms with Crippen LogP contribution in [0.4, 0.5) is 0 Å². The fourth-order valence-corrected chi connectivity index (χ4v) is 0.496. The van der Waals surface area contributed by atoms with Crippen molar-refractivity contribution in [3.63, 3.8) is 0 Å². The lowest BCUT2D eigenvalue weighted by atomic mass is 10.2. The summed E-state index contributed by atoms with van der Waals surface area (Å²) in [7, 11) is 1.43. The van der Waals surface area contributed by atoms with Crippen LogP contribution in [0.3, 0.4) is 0 Å². The fraction of sp³-hybridized carbons (Fsp3) is 0.667. The van der Waals surface area contributed by atoms with Gasteiger partial charge in [-0.15, -0.1) is 0 Å². The first-order valence-corrected chi connectivity index (χ1v) is 2.95. The van der Waals surface area contributed by atoms with E-state index in [0.717, 1.165) is 0 Å². The summed E-state index contributed by atoms with van der Waals surface area (Å²) in [6, 6.07) is 0. The minimum atomic E-state index is -0.454. The predicted molar refractivity (Wildman–Crippen MR) is 35.3 cm³/mol. The van der Waals surface area contributed by atoms with Crippen LogP contribution in [0.1, 0.15) is 12.8 Å². The molecule has 4 nitrogen and oxygen atoms in total. The molecular weight excluding hydrogens is 134 g/mol. The van der Waals surface area contributed by atoms with Crippen LogP contribution in [-0.4, -0.2) is 25.4 Å². The van der Waals surface area contributed by atoms with Crippen molar-refractivity contribution in [1.82, 2.24) is 0 Å². The quantitative estimate of drug-likeness (QED) is 0.565. The Morgan fingerprint density at radius 1 is 1.40 bits per heavy atom. The average molecular weight is 145 g/mol. The lowest BCUT2D eigenvalue weighted by Crippen LogP contribution is -2.14. The molecule has 0 bridgehead atoms. The highest BCUT2D eigenvalue weighted by molar-refractivity contribution is 5.84. The van der Waals surface area contributed by atoms with Crippen molar-refractivity contribution >= 4 is 11.7 Å². The molecule has 0 fully saturated rings. The maximum atomic E-state index is 10.6. The van der Waals surface area contributed by atoms with Crippen molar-refractivity contribution in [2.45, 2.75) is 12.8 Å². The van der Waals surface area contributed by atoms with E-state index < -0.39 is 5.91 Å². The number of hydrogen-bond acceptors (Lipinski definition) is 3. The number of methoxy groups -OCH3 is 1. The highest BCUT2D eigenvalue weighted by Gasteiger charge is 2.02. The molecule has 0 radical (unpaired) electrons. The second kappa shape index (κ2) is 4.93. The molecule has 58 valence electrons. The van der Waals surface area contributed by atoms with Gasteiger partial charge in [0.25, 0.3) is 0 Å². The standard InChI is InChI=1S/C6H11NO3/c1-10-4-5(8)2-3-6(7)9/h2-4H2,1H3,(H2,7,9). The van der Waals surface area contributed by atoms with Gasteiger partial charge in [0, 0.05) is 20.0 Å². The van der Waals surface area contributed by atoms with Gasteiger partial charge in [0.15, 0.2) is 5.78 Å². The van der Waals surface area contributed by atoms with Crippen LogP contribution in [0.2, 0.25) is 0 Å². The third kappa shape index (κ3) is 5.24. The fourth-order valence-electron chi connectivity index (χ4n) is 0.496. The van der Waals surface area contributed by atoms with E-state index in [1.54, 1.807) is 0 Å². The second-order valence-electron chi connectivity index (χ2n) is 1.94. The molecule has 0 heterocycles. The number of Topliss-reactive ketones (excluding diaryl/α,β-unsaturated/α-hetero) is 1. The number of carbonyl (C=O) groups is 2. The number of ether oxygens (including phenoxy) is 1. The van der Waals surface area contributed by atoms with E-state index in [4.69, 9.17) is 5.73 Å². The molecule has 1 amide bonds. The second-order valence-corrected chi connectivity index (χ2v) is 1.94. The monoisotopic (exact) mass is 145 g/mol. The van der Waals surface area contributed by atoms with Gasteiger partial charge in [-0.05, 0) is 0 Å². The van der Waals surface area contributed by atoms with Crippen LogP contribution in [0.5, 0.6) is 0 Å². The van der Waals surface area contributed by atoms with Gasteiger partial charge in [-0.2, -0.15) is 0 Å². The molecule has 0 atom stereocenters. The van der Waals surface area contributed by atoms with Gasteiger partial charge < -0.3 is 10.5 Å². The Bertz CT molecular complexity index is 133. The number of carbonyl (C=O) groups excluding carboxylic acids is 2. The Morgan fingerprint density at radius 2 is 2.00 bits per heavy atom. The molecule has 0 saturated carbocycles. The van der Waals surface area contributed by atoms with Gasteiger partial charge in [0.1, 0.15) is 6.61 Å². The minimum absolute atomic E-state index is 0.0628. The average Bonchev–Trinajstić information content (AvgIpc) is 1.85. The molecule has 0 aliphatic rings. The molecule has 0 unspecified atom stereocenters. The first kappa shape index (κ1) is 9.10. The Labute approximate surface area is 59.3 Å². The summed E-state index contributed by atoms with van der Waals surface area (Å²) in [5, 5.41) is 0. The molecule has 0 aromatic rings. The number of rotatable bonds is 5. The summed E-state index contributed by atoms with van der Waals surface area (Å²) >= 11 is 0. The van der Waals surface area contributed by atoms with Gasteiger partial charge in [-0.25, -0.2) is 0 Å². The van der Waals surface area contributed by atoms with Gasteiger partial charge in [-0.3, -0.25) is 9.59 Å². The van der Waals surface area contributed by atoms with E-state index in [-0.39, 0.29) is 25.2 Å². The van der Waals surface area contributed by atoms with Gasteiger partial charge in [-0.1, -0.05) is 0 Å². The molecule has 0 saturated heterocycles. The van der Waals surface area contributed by atoms with E-state index in [0.29, 0.717) is 0 Å². The smallest absolute Gasteiger partial charge is 0.217 e. The highest BCUT2D eigenvalue weighted by atomic mass is 16.5. The normalized spacial score (nSPS) is 9.30. The first-order valence-electron chi connectivity index (χ1n) is 2.95. The van der Waals surface area contributed by atoms with Crippen LogP contribution in [-0.2, 0) is 14.3 Å². The summed E-state index contributed by atoms with van der Waals surface area (Å²) in [5.74, 6) is -0.550. The summed E-state index contributed by atoms with van der Waals surface area (Å²) in [6.07, 6.45) is 0.297. The van der Waals surface area contributed by atoms with Gasteiger partial charge in [0.2, 0.25) is 5.91 Å². The molecule has 0 aliphatic heterocycles. The topological polar surface area (TPSA) is 69.4 Å².